The highest BCUT2D eigenvalue weighted by Gasteiger charge is 2.35. The molecule has 2 aromatic carbocycles. The molecule has 2 bridgehead atoms. The number of nitrogens with zero attached hydrogens (tertiary/aromatic N) is 4. The molecular weight excluding hydrogens is 452 g/mol. The van der Waals surface area contributed by atoms with E-state index in [0.717, 1.165) is 44.0 Å². The molecule has 0 spiro atoms. The Bertz CT molecular complexity index is 1060. The Hall–Kier alpha value is -2.48. The third-order valence-corrected chi connectivity index (χ3v) is 7.48. The Morgan fingerprint density at radius 3 is 2.21 bits per heavy atom. The maximum Gasteiger partial charge on any atom is 0.211 e. The molecule has 182 valence electrons. The summed E-state index contributed by atoms with van der Waals surface area (Å²) in [7, 11) is -3.29. The SMILES string of the molecule is CS(=O)(=O)N(CCN1CC2CN(CCOc3ccc(C#N)cc3)CC(C1)O2)Cc1ccccc1. The molecule has 0 N–H and O–H groups in total. The van der Waals surface area contributed by atoms with Crippen LogP contribution in [-0.2, 0) is 21.3 Å². The summed E-state index contributed by atoms with van der Waals surface area (Å²) >= 11 is 0. The van der Waals surface area contributed by atoms with E-state index in [4.69, 9.17) is 14.7 Å². The Morgan fingerprint density at radius 1 is 1.00 bits per heavy atom. The van der Waals surface area contributed by atoms with E-state index in [1.165, 1.54) is 6.26 Å². The Labute approximate surface area is 202 Å². The molecule has 0 aromatic heterocycles. The van der Waals surface area contributed by atoms with Gasteiger partial charge >= 0.3 is 0 Å². The number of morpholine rings is 2. The van der Waals surface area contributed by atoms with Gasteiger partial charge in [-0.1, -0.05) is 30.3 Å². The molecule has 0 radical (unpaired) electrons. The summed E-state index contributed by atoms with van der Waals surface area (Å²) in [5.41, 5.74) is 1.61. The van der Waals surface area contributed by atoms with E-state index < -0.39 is 10.0 Å². The van der Waals surface area contributed by atoms with Crippen LogP contribution >= 0.6 is 0 Å². The summed E-state index contributed by atoms with van der Waals surface area (Å²) in [4.78, 5) is 4.70. The molecule has 2 aromatic rings. The smallest absolute Gasteiger partial charge is 0.211 e. The van der Waals surface area contributed by atoms with E-state index in [2.05, 4.69) is 15.9 Å². The number of fused-ring (bicyclic) bond motifs is 2. The van der Waals surface area contributed by atoms with Gasteiger partial charge in [0.1, 0.15) is 12.4 Å². The molecule has 2 saturated heterocycles. The van der Waals surface area contributed by atoms with Gasteiger partial charge in [-0.05, 0) is 29.8 Å². The minimum absolute atomic E-state index is 0.114. The normalized spacial score (nSPS) is 21.3. The summed E-state index contributed by atoms with van der Waals surface area (Å²) in [6.07, 6.45) is 1.51. The number of benzene rings is 2. The lowest BCUT2D eigenvalue weighted by Gasteiger charge is -2.46. The number of hydrogen-bond acceptors (Lipinski definition) is 7. The molecule has 2 heterocycles. The molecule has 0 aliphatic carbocycles. The maximum absolute atomic E-state index is 12.3. The van der Waals surface area contributed by atoms with Crippen molar-refractivity contribution in [2.24, 2.45) is 0 Å². The number of hydrogen-bond donors (Lipinski definition) is 0. The zero-order valence-electron chi connectivity index (χ0n) is 19.5. The molecule has 4 rings (SSSR count). The van der Waals surface area contributed by atoms with Crippen LogP contribution in [0.5, 0.6) is 5.75 Å². The fourth-order valence-corrected chi connectivity index (χ4v) is 5.34. The average molecular weight is 485 g/mol. The second-order valence-corrected chi connectivity index (χ2v) is 10.9. The zero-order valence-corrected chi connectivity index (χ0v) is 20.4. The number of nitriles is 1. The molecule has 8 nitrogen and oxygen atoms in total. The largest absolute Gasteiger partial charge is 0.492 e. The molecule has 2 aliphatic heterocycles. The Kier molecular flexibility index (Phi) is 8.19. The fraction of sp³-hybridized carbons (Fsp3) is 0.480. The summed E-state index contributed by atoms with van der Waals surface area (Å²) < 4.78 is 38.2. The van der Waals surface area contributed by atoms with Crippen molar-refractivity contribution < 1.29 is 17.9 Å². The van der Waals surface area contributed by atoms with Crippen molar-refractivity contribution in [3.63, 3.8) is 0 Å². The molecule has 2 atom stereocenters. The molecule has 2 aliphatic rings. The van der Waals surface area contributed by atoms with Gasteiger partial charge in [0.05, 0.1) is 30.1 Å². The molecule has 9 heteroatoms. The van der Waals surface area contributed by atoms with Crippen LogP contribution in [0.4, 0.5) is 0 Å². The first-order valence-corrected chi connectivity index (χ1v) is 13.5. The second-order valence-electron chi connectivity index (χ2n) is 8.97. The van der Waals surface area contributed by atoms with Crippen molar-refractivity contribution in [2.45, 2.75) is 18.8 Å². The van der Waals surface area contributed by atoms with E-state index in [1.807, 2.05) is 42.5 Å². The summed E-state index contributed by atoms with van der Waals surface area (Å²) in [5, 5.41) is 8.89. The topological polar surface area (TPSA) is 86.1 Å². The Morgan fingerprint density at radius 2 is 1.62 bits per heavy atom. The van der Waals surface area contributed by atoms with Gasteiger partial charge in [0.15, 0.2) is 0 Å². The van der Waals surface area contributed by atoms with Crippen LogP contribution in [0.3, 0.4) is 0 Å². The molecule has 0 amide bonds. The van der Waals surface area contributed by atoms with Crippen molar-refractivity contribution >= 4 is 10.0 Å². The van der Waals surface area contributed by atoms with Gasteiger partial charge in [0.25, 0.3) is 0 Å². The van der Waals surface area contributed by atoms with Gasteiger partial charge < -0.3 is 9.47 Å². The van der Waals surface area contributed by atoms with Crippen molar-refractivity contribution in [3.8, 4) is 11.8 Å². The maximum atomic E-state index is 12.3. The van der Waals surface area contributed by atoms with Crippen LogP contribution in [-0.4, -0.2) is 93.4 Å². The summed E-state index contributed by atoms with van der Waals surface area (Å²) in [5.74, 6) is 0.768. The van der Waals surface area contributed by atoms with E-state index >= 15 is 0 Å². The minimum atomic E-state index is -3.29. The molecule has 34 heavy (non-hydrogen) atoms. The summed E-state index contributed by atoms with van der Waals surface area (Å²) in [6.45, 7) is 6.22. The molecule has 0 saturated carbocycles. The van der Waals surface area contributed by atoms with Crippen LogP contribution in [0.1, 0.15) is 11.1 Å². The van der Waals surface area contributed by atoms with Gasteiger partial charge in [-0.25, -0.2) is 8.42 Å². The van der Waals surface area contributed by atoms with Crippen molar-refractivity contribution in [3.05, 3.63) is 65.7 Å². The van der Waals surface area contributed by atoms with Crippen LogP contribution < -0.4 is 4.74 Å². The number of rotatable bonds is 10. The molecule has 2 fully saturated rings. The van der Waals surface area contributed by atoms with Crippen molar-refractivity contribution in [1.29, 1.82) is 5.26 Å². The van der Waals surface area contributed by atoms with Crippen LogP contribution in [0.25, 0.3) is 0 Å². The Balaban J connectivity index is 1.23. The predicted molar refractivity (Wildman–Crippen MR) is 130 cm³/mol. The second kappa shape index (κ2) is 11.3. The highest BCUT2D eigenvalue weighted by atomic mass is 32.2. The van der Waals surface area contributed by atoms with Gasteiger partial charge in [-0.15, -0.1) is 0 Å². The van der Waals surface area contributed by atoms with Gasteiger partial charge in [-0.2, -0.15) is 9.57 Å². The highest BCUT2D eigenvalue weighted by Crippen LogP contribution is 2.20. The van der Waals surface area contributed by atoms with Gasteiger partial charge in [-0.3, -0.25) is 9.80 Å². The average Bonchev–Trinajstić information content (AvgIpc) is 2.81. The van der Waals surface area contributed by atoms with E-state index in [0.29, 0.717) is 31.8 Å². The zero-order chi connectivity index (χ0) is 24.0. The van der Waals surface area contributed by atoms with E-state index in [9.17, 15) is 8.42 Å². The lowest BCUT2D eigenvalue weighted by atomic mass is 10.1. The van der Waals surface area contributed by atoms with Crippen molar-refractivity contribution in [2.75, 3.05) is 58.7 Å². The van der Waals surface area contributed by atoms with Gasteiger partial charge in [0, 0.05) is 52.4 Å². The minimum Gasteiger partial charge on any atom is -0.492 e. The van der Waals surface area contributed by atoms with E-state index in [-0.39, 0.29) is 12.2 Å². The lowest BCUT2D eigenvalue weighted by molar-refractivity contribution is -0.139. The van der Waals surface area contributed by atoms with Crippen LogP contribution in [0.2, 0.25) is 0 Å². The van der Waals surface area contributed by atoms with Crippen molar-refractivity contribution in [1.82, 2.24) is 14.1 Å². The molecular formula is C25H32N4O4S. The monoisotopic (exact) mass is 484 g/mol. The lowest BCUT2D eigenvalue weighted by Crippen LogP contribution is -2.60. The summed E-state index contributed by atoms with van der Waals surface area (Å²) in [6, 6.07) is 19.0. The first kappa shape index (κ1) is 24.6. The first-order chi connectivity index (χ1) is 16.4. The third kappa shape index (κ3) is 7.01. The first-order valence-electron chi connectivity index (χ1n) is 11.6. The quantitative estimate of drug-likeness (QED) is 0.508. The standard InChI is InChI=1S/C25H32N4O4S/c1-34(30,31)29(16-22-5-3-2-4-6-22)12-11-27-17-24-19-28(20-25(18-27)33-24)13-14-32-23-9-7-21(15-26)8-10-23/h2-10,24-25H,11-14,16-20H2,1H3. The predicted octanol–water partition coefficient (Wildman–Crippen LogP) is 1.78. The van der Waals surface area contributed by atoms with Crippen LogP contribution in [0.15, 0.2) is 54.6 Å². The number of sulfonamides is 1. The third-order valence-electron chi connectivity index (χ3n) is 6.23. The highest BCUT2D eigenvalue weighted by molar-refractivity contribution is 7.88. The fourth-order valence-electron chi connectivity index (χ4n) is 4.55. The van der Waals surface area contributed by atoms with Crippen LogP contribution in [0, 0.1) is 11.3 Å². The molecule has 2 unspecified atom stereocenters. The van der Waals surface area contributed by atoms with E-state index in [1.54, 1.807) is 16.4 Å². The van der Waals surface area contributed by atoms with Gasteiger partial charge in [0.2, 0.25) is 10.0 Å². The number of ether oxygens (including phenoxy) is 2.